The van der Waals surface area contributed by atoms with Crippen molar-refractivity contribution in [1.29, 1.82) is 0 Å². The van der Waals surface area contributed by atoms with Crippen molar-refractivity contribution in [2.75, 3.05) is 78.9 Å². The SMILES string of the molecule is CC(C)(C)OC(=O)NC(Cc1ccc(OCCN2CCOCC2)cc1)C(O)CC(Cc1ccc(OCCN2CCOCC2)cc1)C(=O)N[C@H]1c2ccccc2C[C@H]1O. The summed E-state index contributed by atoms with van der Waals surface area (Å²) in [5.74, 6) is 0.475. The van der Waals surface area contributed by atoms with Gasteiger partial charge in [0.05, 0.1) is 50.7 Å². The molecule has 5 atom stereocenters. The lowest BCUT2D eigenvalue weighted by Crippen LogP contribution is -2.48. The molecule has 13 heteroatoms. The number of carbonyl (C=O) groups is 2. The predicted octanol–water partition coefficient (Wildman–Crippen LogP) is 3.93. The van der Waals surface area contributed by atoms with Crippen molar-refractivity contribution in [2.45, 2.75) is 76.3 Å². The van der Waals surface area contributed by atoms with E-state index in [0.717, 1.165) is 99.4 Å². The van der Waals surface area contributed by atoms with E-state index < -0.39 is 41.9 Å². The zero-order chi connectivity index (χ0) is 40.9. The van der Waals surface area contributed by atoms with Crippen molar-refractivity contribution in [3.8, 4) is 11.5 Å². The van der Waals surface area contributed by atoms with Crippen LogP contribution in [0.4, 0.5) is 4.79 Å². The van der Waals surface area contributed by atoms with Gasteiger partial charge in [0.25, 0.3) is 0 Å². The lowest BCUT2D eigenvalue weighted by Gasteiger charge is -2.30. The Morgan fingerprint density at radius 1 is 0.793 bits per heavy atom. The van der Waals surface area contributed by atoms with Gasteiger partial charge in [-0.15, -0.1) is 0 Å². The number of hydrogen-bond donors (Lipinski definition) is 4. The van der Waals surface area contributed by atoms with Gasteiger partial charge >= 0.3 is 6.09 Å². The lowest BCUT2D eigenvalue weighted by molar-refractivity contribution is -0.127. The van der Waals surface area contributed by atoms with E-state index in [2.05, 4.69) is 20.4 Å². The summed E-state index contributed by atoms with van der Waals surface area (Å²) in [4.78, 5) is 32.0. The normalized spacial score (nSPS) is 20.4. The number of nitrogens with one attached hydrogen (secondary N) is 2. The number of aliphatic hydroxyl groups excluding tert-OH is 2. The van der Waals surface area contributed by atoms with Crippen molar-refractivity contribution < 1.29 is 43.5 Å². The molecule has 2 amide bonds. The van der Waals surface area contributed by atoms with Crippen LogP contribution in [0.5, 0.6) is 11.5 Å². The number of benzene rings is 3. The number of carbonyl (C=O) groups excluding carboxylic acids is 2. The van der Waals surface area contributed by atoms with Crippen molar-refractivity contribution >= 4 is 12.0 Å². The minimum absolute atomic E-state index is 0.0390. The van der Waals surface area contributed by atoms with Crippen LogP contribution in [0.1, 0.15) is 55.5 Å². The van der Waals surface area contributed by atoms with Gasteiger partial charge in [-0.1, -0.05) is 48.5 Å². The first-order chi connectivity index (χ1) is 28.0. The van der Waals surface area contributed by atoms with Crippen molar-refractivity contribution in [3.63, 3.8) is 0 Å². The standard InChI is InChI=1S/C45H62N4O9/c1-45(2,3)58-44(53)46-39(29-33-10-14-37(15-11-33)57-27-21-49-18-24-55-25-19-49)40(50)31-35(43(52)47-42-38-7-5-4-6-34(38)30-41(42)51)28-32-8-12-36(13-9-32)56-26-20-48-16-22-54-23-17-48/h4-15,35,39-42,50-51H,16-31H2,1-3H3,(H,46,53)(H,47,52)/t35?,39?,40?,41-,42+/m1/s1. The van der Waals surface area contributed by atoms with Crippen LogP contribution in [0.25, 0.3) is 0 Å². The molecule has 3 unspecified atom stereocenters. The molecule has 0 bridgehead atoms. The molecule has 3 aliphatic rings. The first kappa shape index (κ1) is 43.3. The zero-order valence-corrected chi connectivity index (χ0v) is 34.3. The van der Waals surface area contributed by atoms with Crippen LogP contribution >= 0.6 is 0 Å². The monoisotopic (exact) mass is 802 g/mol. The van der Waals surface area contributed by atoms with Crippen molar-refractivity contribution in [2.24, 2.45) is 5.92 Å². The van der Waals surface area contributed by atoms with Gasteiger partial charge in [0, 0.05) is 51.6 Å². The van der Waals surface area contributed by atoms with Crippen LogP contribution in [0, 0.1) is 5.92 Å². The quantitative estimate of drug-likeness (QED) is 0.148. The molecule has 58 heavy (non-hydrogen) atoms. The third-order valence-corrected chi connectivity index (χ3v) is 10.9. The number of aliphatic hydroxyl groups is 2. The van der Waals surface area contributed by atoms with E-state index in [-0.39, 0.29) is 18.7 Å². The fraction of sp³-hybridized carbons (Fsp3) is 0.556. The Hall–Kier alpha value is -4.24. The Bertz CT molecular complexity index is 1720. The molecular formula is C45H62N4O9. The zero-order valence-electron chi connectivity index (χ0n) is 34.3. The van der Waals surface area contributed by atoms with E-state index >= 15 is 0 Å². The molecule has 13 nitrogen and oxygen atoms in total. The van der Waals surface area contributed by atoms with Crippen LogP contribution in [0.2, 0.25) is 0 Å². The molecule has 3 aromatic rings. The number of nitrogens with zero attached hydrogens (tertiary/aromatic N) is 2. The Labute approximate surface area is 342 Å². The molecule has 0 aromatic heterocycles. The highest BCUT2D eigenvalue weighted by molar-refractivity contribution is 5.80. The summed E-state index contributed by atoms with van der Waals surface area (Å²) < 4.78 is 28.5. The molecule has 2 saturated heterocycles. The number of ether oxygens (including phenoxy) is 5. The summed E-state index contributed by atoms with van der Waals surface area (Å²) in [6.45, 7) is 14.6. The highest BCUT2D eigenvalue weighted by Gasteiger charge is 2.35. The molecule has 2 heterocycles. The van der Waals surface area contributed by atoms with E-state index in [4.69, 9.17) is 23.7 Å². The molecule has 2 aliphatic heterocycles. The van der Waals surface area contributed by atoms with Crippen LogP contribution in [0.3, 0.4) is 0 Å². The molecule has 0 spiro atoms. The summed E-state index contributed by atoms with van der Waals surface area (Å²) in [5.41, 5.74) is 2.90. The molecule has 1 aliphatic carbocycles. The molecule has 6 rings (SSSR count). The van der Waals surface area contributed by atoms with Crippen LogP contribution in [-0.4, -0.2) is 135 Å². The molecule has 316 valence electrons. The van der Waals surface area contributed by atoms with Crippen LogP contribution in [0.15, 0.2) is 72.8 Å². The van der Waals surface area contributed by atoms with Crippen LogP contribution in [-0.2, 0) is 38.3 Å². The average Bonchev–Trinajstić information content (AvgIpc) is 3.52. The number of fused-ring (bicyclic) bond motifs is 1. The minimum atomic E-state index is -1.13. The summed E-state index contributed by atoms with van der Waals surface area (Å²) in [7, 11) is 0. The molecule has 4 N–H and O–H groups in total. The molecule has 2 fully saturated rings. The number of alkyl carbamates (subject to hydrolysis) is 1. The van der Waals surface area contributed by atoms with E-state index in [0.29, 0.717) is 26.1 Å². The highest BCUT2D eigenvalue weighted by atomic mass is 16.6. The van der Waals surface area contributed by atoms with Crippen LogP contribution < -0.4 is 20.1 Å². The minimum Gasteiger partial charge on any atom is -0.492 e. The fourth-order valence-electron chi connectivity index (χ4n) is 7.72. The molecule has 0 saturated carbocycles. The Kier molecular flexibility index (Phi) is 15.8. The number of rotatable bonds is 18. The van der Waals surface area contributed by atoms with E-state index in [9.17, 15) is 19.8 Å². The van der Waals surface area contributed by atoms with Crippen molar-refractivity contribution in [3.05, 3.63) is 95.1 Å². The van der Waals surface area contributed by atoms with Gasteiger partial charge < -0.3 is 44.5 Å². The second-order valence-corrected chi connectivity index (χ2v) is 16.5. The van der Waals surface area contributed by atoms with Gasteiger partial charge in [-0.3, -0.25) is 14.6 Å². The highest BCUT2D eigenvalue weighted by Crippen LogP contribution is 2.32. The molecular weight excluding hydrogens is 741 g/mol. The number of amides is 2. The van der Waals surface area contributed by atoms with Gasteiger partial charge in [-0.2, -0.15) is 0 Å². The third kappa shape index (κ3) is 13.4. The van der Waals surface area contributed by atoms with Gasteiger partial charge in [0.1, 0.15) is 30.3 Å². The number of morpholine rings is 2. The summed E-state index contributed by atoms with van der Waals surface area (Å²) in [6.07, 6.45) is -1.47. The van der Waals surface area contributed by atoms with Crippen molar-refractivity contribution in [1.82, 2.24) is 20.4 Å². The maximum atomic E-state index is 14.3. The number of hydrogen-bond acceptors (Lipinski definition) is 11. The average molecular weight is 803 g/mol. The molecule has 0 radical (unpaired) electrons. The Morgan fingerprint density at radius 3 is 1.88 bits per heavy atom. The summed E-state index contributed by atoms with van der Waals surface area (Å²) in [6, 6.07) is 21.7. The maximum absolute atomic E-state index is 14.3. The van der Waals surface area contributed by atoms with Gasteiger partial charge in [0.2, 0.25) is 5.91 Å². The van der Waals surface area contributed by atoms with Gasteiger partial charge in [0.15, 0.2) is 0 Å². The summed E-state index contributed by atoms with van der Waals surface area (Å²) >= 11 is 0. The lowest BCUT2D eigenvalue weighted by atomic mass is 9.88. The predicted molar refractivity (Wildman–Crippen MR) is 220 cm³/mol. The van der Waals surface area contributed by atoms with Gasteiger partial charge in [-0.25, -0.2) is 4.79 Å². The smallest absolute Gasteiger partial charge is 0.407 e. The van der Waals surface area contributed by atoms with E-state index in [1.807, 2.05) is 72.8 Å². The summed E-state index contributed by atoms with van der Waals surface area (Å²) in [5, 5.41) is 29.0. The second kappa shape index (κ2) is 21.1. The fourth-order valence-corrected chi connectivity index (χ4v) is 7.72. The van der Waals surface area contributed by atoms with E-state index in [1.54, 1.807) is 20.8 Å². The molecule has 3 aromatic carbocycles. The largest absolute Gasteiger partial charge is 0.492 e. The maximum Gasteiger partial charge on any atom is 0.407 e. The van der Waals surface area contributed by atoms with E-state index in [1.165, 1.54) is 0 Å². The second-order valence-electron chi connectivity index (χ2n) is 16.5. The Morgan fingerprint density at radius 2 is 1.33 bits per heavy atom. The third-order valence-electron chi connectivity index (χ3n) is 10.9. The first-order valence-corrected chi connectivity index (χ1v) is 20.8. The van der Waals surface area contributed by atoms with Gasteiger partial charge in [-0.05, 0) is 86.6 Å². The first-order valence-electron chi connectivity index (χ1n) is 20.8. The topological polar surface area (TPSA) is 151 Å². The Balaban J connectivity index is 1.14.